The summed E-state index contributed by atoms with van der Waals surface area (Å²) in [5, 5.41) is 3.23. The lowest BCUT2D eigenvalue weighted by Crippen LogP contribution is -2.45. The van der Waals surface area contributed by atoms with Crippen LogP contribution in [0.25, 0.3) is 11.3 Å². The number of benzene rings is 2. The van der Waals surface area contributed by atoms with Crippen LogP contribution in [-0.2, 0) is 35.1 Å². The van der Waals surface area contributed by atoms with E-state index in [-0.39, 0.29) is 35.9 Å². The Morgan fingerprint density at radius 3 is 1.71 bits per heavy atom. The lowest BCUT2D eigenvalue weighted by atomic mass is 10.1. The lowest BCUT2D eigenvalue weighted by molar-refractivity contribution is -0.193. The molecule has 1 aromatic heterocycles. The molecule has 5 amide bonds. The first-order chi connectivity index (χ1) is 27.2. The lowest BCUT2D eigenvalue weighted by Gasteiger charge is -2.28. The van der Waals surface area contributed by atoms with E-state index in [1.807, 2.05) is 0 Å². The van der Waals surface area contributed by atoms with Gasteiger partial charge in [0.2, 0.25) is 12.1 Å². The fourth-order valence-corrected chi connectivity index (χ4v) is 5.29. The molecule has 320 valence electrons. The third kappa shape index (κ3) is 13.3. The molecule has 59 heavy (non-hydrogen) atoms. The van der Waals surface area contributed by atoms with E-state index in [0.717, 1.165) is 4.90 Å². The Kier molecular flexibility index (Phi) is 13.9. The van der Waals surface area contributed by atoms with Gasteiger partial charge in [0.25, 0.3) is 11.8 Å². The molecule has 1 N–H and O–H groups in total. The molecule has 0 aliphatic carbocycles. The highest BCUT2D eigenvalue weighted by atomic mass is 16.7. The van der Waals surface area contributed by atoms with E-state index in [9.17, 15) is 28.8 Å². The van der Waals surface area contributed by atoms with Crippen LogP contribution in [0.15, 0.2) is 54.7 Å². The van der Waals surface area contributed by atoms with Gasteiger partial charge in [-0.25, -0.2) is 29.0 Å². The first-order valence-corrected chi connectivity index (χ1v) is 19.1. The third-order valence-electron chi connectivity index (χ3n) is 7.56. The normalized spacial score (nSPS) is 13.7. The predicted molar refractivity (Wildman–Crippen MR) is 215 cm³/mol. The van der Waals surface area contributed by atoms with Crippen molar-refractivity contribution in [3.63, 3.8) is 0 Å². The monoisotopic (exact) mass is 821 g/mol. The Labute approximate surface area is 344 Å². The summed E-state index contributed by atoms with van der Waals surface area (Å²) in [5.41, 5.74) is -2.37. The summed E-state index contributed by atoms with van der Waals surface area (Å²) in [5.74, 6) is -2.11. The first kappa shape index (κ1) is 45.7. The second-order valence-corrected chi connectivity index (χ2v) is 17.6. The van der Waals surface area contributed by atoms with Gasteiger partial charge in [-0.2, -0.15) is 0 Å². The van der Waals surface area contributed by atoms with Gasteiger partial charge in [-0.3, -0.25) is 9.59 Å². The van der Waals surface area contributed by atoms with Crippen LogP contribution in [0.5, 0.6) is 5.75 Å². The van der Waals surface area contributed by atoms with Crippen LogP contribution in [-0.4, -0.2) is 92.3 Å². The average molecular weight is 822 g/mol. The van der Waals surface area contributed by atoms with E-state index in [4.69, 9.17) is 28.5 Å². The number of nitrogens with zero attached hydrogens (tertiary/aromatic N) is 4. The fraction of sp³-hybridized carbons (Fsp3) is 0.500. The quantitative estimate of drug-likeness (QED) is 0.0820. The maximum Gasteiger partial charge on any atom is 0.427 e. The molecule has 3 aromatic rings. The Bertz CT molecular complexity index is 1970. The van der Waals surface area contributed by atoms with Crippen molar-refractivity contribution in [1.29, 1.82) is 0 Å². The number of aromatic nitrogens is 2. The predicted octanol–water partition coefficient (Wildman–Crippen LogP) is 7.46. The number of imide groups is 2. The van der Waals surface area contributed by atoms with Gasteiger partial charge in [-0.15, -0.1) is 9.96 Å². The van der Waals surface area contributed by atoms with Crippen LogP contribution < -0.4 is 15.0 Å². The highest BCUT2D eigenvalue weighted by molar-refractivity contribution is 6.20. The Morgan fingerprint density at radius 1 is 0.712 bits per heavy atom. The molecule has 17 nitrogen and oxygen atoms in total. The maximum atomic E-state index is 13.6. The van der Waals surface area contributed by atoms with Gasteiger partial charge >= 0.3 is 24.2 Å². The second-order valence-electron chi connectivity index (χ2n) is 17.6. The zero-order valence-electron chi connectivity index (χ0n) is 35.8. The largest absolute Gasteiger partial charge is 0.490 e. The van der Waals surface area contributed by atoms with Crippen molar-refractivity contribution >= 4 is 42.0 Å². The van der Waals surface area contributed by atoms with E-state index >= 15 is 0 Å². The number of amides is 5. The fourth-order valence-electron chi connectivity index (χ4n) is 5.29. The molecule has 1 aliphatic rings. The number of alkyl carbamates (subject to hydrolysis) is 1. The van der Waals surface area contributed by atoms with Gasteiger partial charge in [-0.05, 0) is 126 Å². The van der Waals surface area contributed by atoms with Crippen LogP contribution in [0.3, 0.4) is 0 Å². The number of hydrogen-bond donors (Lipinski definition) is 1. The third-order valence-corrected chi connectivity index (χ3v) is 7.56. The van der Waals surface area contributed by atoms with Crippen molar-refractivity contribution in [2.24, 2.45) is 0 Å². The topological polar surface area (TPSA) is 194 Å². The highest BCUT2D eigenvalue weighted by Crippen LogP contribution is 2.29. The van der Waals surface area contributed by atoms with E-state index in [1.165, 1.54) is 12.1 Å². The Morgan fingerprint density at radius 2 is 1.22 bits per heavy atom. The van der Waals surface area contributed by atoms with Gasteiger partial charge in [-0.1, -0.05) is 12.1 Å². The van der Waals surface area contributed by atoms with Gasteiger partial charge < -0.3 is 33.6 Å². The van der Waals surface area contributed by atoms with Crippen LogP contribution in [0.1, 0.15) is 110 Å². The Hall–Kier alpha value is -5.97. The number of imidazole rings is 1. The van der Waals surface area contributed by atoms with Crippen LogP contribution in [0.4, 0.5) is 20.3 Å². The summed E-state index contributed by atoms with van der Waals surface area (Å²) in [6.07, 6.45) is -2.14. The van der Waals surface area contributed by atoms with Crippen LogP contribution >= 0.6 is 0 Å². The second kappa shape index (κ2) is 17.9. The minimum atomic E-state index is -1.51. The molecule has 1 unspecified atom stereocenters. The SMILES string of the molecule is CC(C)(C)OC(=O)NCCCn1cc(-c2ccc(OCC(ON3C(=O)c4ccccc4C3=O)C(=O)OC(C)(C)C)cc2)nc1N(C(=O)OC(C)(C)C)C(=O)OC(C)(C)C. The maximum absolute atomic E-state index is 13.6. The number of hydrogen-bond acceptors (Lipinski definition) is 13. The molecule has 0 saturated carbocycles. The smallest absolute Gasteiger partial charge is 0.427 e. The molecule has 2 aromatic carbocycles. The average Bonchev–Trinajstić information content (AvgIpc) is 3.59. The van der Waals surface area contributed by atoms with Crippen molar-refractivity contribution < 1.29 is 57.3 Å². The zero-order valence-corrected chi connectivity index (χ0v) is 35.8. The summed E-state index contributed by atoms with van der Waals surface area (Å²) in [7, 11) is 0. The summed E-state index contributed by atoms with van der Waals surface area (Å²) in [6.45, 7) is 20.2. The first-order valence-electron chi connectivity index (χ1n) is 19.1. The summed E-state index contributed by atoms with van der Waals surface area (Å²) in [6, 6.07) is 12.7. The Balaban J connectivity index is 1.60. The van der Waals surface area contributed by atoms with Crippen molar-refractivity contribution in [1.82, 2.24) is 19.9 Å². The van der Waals surface area contributed by atoms with Crippen molar-refractivity contribution in [3.8, 4) is 17.0 Å². The number of rotatable bonds is 12. The van der Waals surface area contributed by atoms with Crippen LogP contribution in [0, 0.1) is 0 Å². The van der Waals surface area contributed by atoms with E-state index < -0.39 is 71.2 Å². The van der Waals surface area contributed by atoms with Gasteiger partial charge in [0.05, 0.1) is 16.8 Å². The summed E-state index contributed by atoms with van der Waals surface area (Å²) < 4.78 is 29.5. The molecular weight excluding hydrogens is 766 g/mol. The van der Waals surface area contributed by atoms with Gasteiger partial charge in [0.1, 0.15) is 34.8 Å². The molecule has 4 rings (SSSR count). The summed E-state index contributed by atoms with van der Waals surface area (Å²) >= 11 is 0. The number of ether oxygens (including phenoxy) is 5. The van der Waals surface area contributed by atoms with Crippen molar-refractivity contribution in [3.05, 3.63) is 65.9 Å². The van der Waals surface area contributed by atoms with Gasteiger partial charge in [0.15, 0.2) is 0 Å². The number of carbonyl (C=O) groups is 6. The molecule has 0 fully saturated rings. The molecule has 0 bridgehead atoms. The molecule has 2 heterocycles. The van der Waals surface area contributed by atoms with Crippen molar-refractivity contribution in [2.75, 3.05) is 18.1 Å². The number of hydroxylamine groups is 2. The number of nitrogens with one attached hydrogen (secondary N) is 1. The van der Waals surface area contributed by atoms with E-state index in [0.29, 0.717) is 22.7 Å². The molecule has 1 aliphatic heterocycles. The van der Waals surface area contributed by atoms with E-state index in [2.05, 4.69) is 10.3 Å². The van der Waals surface area contributed by atoms with Crippen molar-refractivity contribution in [2.45, 2.75) is 125 Å². The highest BCUT2D eigenvalue weighted by Gasteiger charge is 2.41. The molecule has 17 heteroatoms. The minimum absolute atomic E-state index is 0.0911. The van der Waals surface area contributed by atoms with Gasteiger partial charge in [0, 0.05) is 24.8 Å². The number of aryl methyl sites for hydroxylation is 1. The number of anilines is 1. The summed E-state index contributed by atoms with van der Waals surface area (Å²) in [4.78, 5) is 89.8. The molecule has 0 radical (unpaired) electrons. The zero-order chi connectivity index (χ0) is 44.1. The molecule has 0 spiro atoms. The van der Waals surface area contributed by atoms with E-state index in [1.54, 1.807) is 130 Å². The molecular formula is C42H55N5O12. The van der Waals surface area contributed by atoms with Crippen LogP contribution in [0.2, 0.25) is 0 Å². The molecule has 0 saturated heterocycles. The minimum Gasteiger partial charge on any atom is -0.490 e. The standard InChI is InChI=1S/C42H55N5O12/c1-39(2,3)55-34(50)31(59-47-32(48)28-16-13-14-17-29(28)33(47)49)25-54-27-20-18-26(19-21-27)30-24-45(23-15-22-43-36(51)56-40(4,5)6)35(44-30)46(37(52)57-41(7,8)9)38(53)58-42(10,11)12/h13-14,16-21,24,31H,15,22-23,25H2,1-12H3,(H,43,51). The molecule has 1 atom stereocenters. The number of carbonyl (C=O) groups excluding carboxylic acids is 6. The number of esters is 1. The number of fused-ring (bicyclic) bond motifs is 1.